The van der Waals surface area contributed by atoms with Gasteiger partial charge in [-0.1, -0.05) is 13.0 Å². The highest BCUT2D eigenvalue weighted by molar-refractivity contribution is 5.84. The fraction of sp³-hybridized carbons (Fsp3) is 0.600. The van der Waals surface area contributed by atoms with E-state index in [-0.39, 0.29) is 30.8 Å². The molecule has 3 amide bonds. The first-order chi connectivity index (χ1) is 18.4. The third-order valence-electron chi connectivity index (χ3n) is 8.82. The van der Waals surface area contributed by atoms with Gasteiger partial charge in [0.05, 0.1) is 6.54 Å². The Morgan fingerprint density at radius 3 is 2.32 bits per heavy atom. The lowest BCUT2D eigenvalue weighted by molar-refractivity contribution is -0.133. The van der Waals surface area contributed by atoms with E-state index in [1.165, 1.54) is 19.3 Å². The molecule has 1 aliphatic heterocycles. The summed E-state index contributed by atoms with van der Waals surface area (Å²) in [5.74, 6) is 5.06. The summed E-state index contributed by atoms with van der Waals surface area (Å²) in [5, 5.41) is 3.45. The highest BCUT2D eigenvalue weighted by atomic mass is 16.7. The van der Waals surface area contributed by atoms with Crippen LogP contribution in [-0.2, 0) is 17.9 Å². The molecule has 0 saturated heterocycles. The molecular weight excluding hydrogens is 482 g/mol. The summed E-state index contributed by atoms with van der Waals surface area (Å²) in [4.78, 5) is 30.8. The van der Waals surface area contributed by atoms with E-state index in [0.29, 0.717) is 31.1 Å². The summed E-state index contributed by atoms with van der Waals surface area (Å²) in [6, 6.07) is 9.45. The summed E-state index contributed by atoms with van der Waals surface area (Å²) in [5.41, 5.74) is 0.851. The van der Waals surface area contributed by atoms with Crippen LogP contribution in [0.25, 0.3) is 0 Å². The van der Waals surface area contributed by atoms with Gasteiger partial charge in [-0.3, -0.25) is 4.79 Å². The SMILES string of the molecule is CCCN(CC(=O)N(Cc1ccc2c(c1)OCO2)Cc1ccc(C)o1)C(=O)NC12CC3CC(CC(C3)C1)C2. The van der Waals surface area contributed by atoms with Gasteiger partial charge >= 0.3 is 6.03 Å². The lowest BCUT2D eigenvalue weighted by Crippen LogP contribution is -2.62. The van der Waals surface area contributed by atoms with E-state index in [4.69, 9.17) is 13.9 Å². The van der Waals surface area contributed by atoms with Gasteiger partial charge in [0.25, 0.3) is 0 Å². The number of nitrogens with one attached hydrogen (secondary N) is 1. The van der Waals surface area contributed by atoms with E-state index in [1.807, 2.05) is 44.2 Å². The number of nitrogens with zero attached hydrogens (tertiary/aromatic N) is 2. The van der Waals surface area contributed by atoms with Crippen LogP contribution in [0.5, 0.6) is 11.5 Å². The Morgan fingerprint density at radius 1 is 0.947 bits per heavy atom. The molecule has 0 unspecified atom stereocenters. The minimum absolute atomic E-state index is 0.0380. The molecule has 4 saturated carbocycles. The third kappa shape index (κ3) is 5.22. The van der Waals surface area contributed by atoms with Gasteiger partial charge in [0.2, 0.25) is 12.7 Å². The number of carbonyl (C=O) groups excluding carboxylic acids is 2. The lowest BCUT2D eigenvalue weighted by atomic mass is 9.53. The average Bonchev–Trinajstić information content (AvgIpc) is 3.50. The first-order valence-corrected chi connectivity index (χ1v) is 14.2. The van der Waals surface area contributed by atoms with Gasteiger partial charge in [0.1, 0.15) is 18.1 Å². The number of hydrogen-bond acceptors (Lipinski definition) is 5. The fourth-order valence-electron chi connectivity index (χ4n) is 7.61. The molecule has 0 spiro atoms. The van der Waals surface area contributed by atoms with Crippen LogP contribution in [0.4, 0.5) is 4.79 Å². The summed E-state index contributed by atoms with van der Waals surface area (Å²) in [6.45, 7) is 5.44. The molecule has 4 bridgehead atoms. The van der Waals surface area contributed by atoms with Crippen molar-refractivity contribution in [2.75, 3.05) is 19.9 Å². The summed E-state index contributed by atoms with van der Waals surface area (Å²) in [7, 11) is 0. The van der Waals surface area contributed by atoms with Crippen LogP contribution in [0.3, 0.4) is 0 Å². The molecule has 2 heterocycles. The zero-order chi connectivity index (χ0) is 26.3. The predicted molar refractivity (Wildman–Crippen MR) is 142 cm³/mol. The Kier molecular flexibility index (Phi) is 6.74. The van der Waals surface area contributed by atoms with Gasteiger partial charge in [-0.15, -0.1) is 0 Å². The van der Waals surface area contributed by atoms with E-state index in [0.717, 1.165) is 60.5 Å². The van der Waals surface area contributed by atoms with Crippen molar-refractivity contribution in [3.05, 3.63) is 47.4 Å². The highest BCUT2D eigenvalue weighted by Gasteiger charge is 2.51. The summed E-state index contributed by atoms with van der Waals surface area (Å²) >= 11 is 0. The fourth-order valence-corrected chi connectivity index (χ4v) is 7.61. The quantitative estimate of drug-likeness (QED) is 0.488. The molecule has 7 rings (SSSR count). The number of benzene rings is 1. The zero-order valence-corrected chi connectivity index (χ0v) is 22.5. The van der Waals surface area contributed by atoms with E-state index >= 15 is 0 Å². The second-order valence-electron chi connectivity index (χ2n) is 12.0. The first kappa shape index (κ1) is 25.1. The largest absolute Gasteiger partial charge is 0.464 e. The Bertz CT molecular complexity index is 1160. The Hall–Kier alpha value is -3.16. The van der Waals surface area contributed by atoms with Crippen molar-refractivity contribution >= 4 is 11.9 Å². The molecule has 38 heavy (non-hydrogen) atoms. The normalized spacial score (nSPS) is 26.4. The van der Waals surface area contributed by atoms with Gasteiger partial charge < -0.3 is 29.0 Å². The number of rotatable bonds is 9. The maximum Gasteiger partial charge on any atom is 0.318 e. The Morgan fingerprint density at radius 2 is 1.66 bits per heavy atom. The van der Waals surface area contributed by atoms with Crippen molar-refractivity contribution in [2.45, 2.75) is 77.4 Å². The molecule has 4 aliphatic carbocycles. The minimum Gasteiger partial charge on any atom is -0.464 e. The molecule has 4 fully saturated rings. The van der Waals surface area contributed by atoms with E-state index in [2.05, 4.69) is 5.32 Å². The Labute approximate surface area is 224 Å². The van der Waals surface area contributed by atoms with Crippen LogP contribution in [0.1, 0.15) is 69.0 Å². The summed E-state index contributed by atoms with van der Waals surface area (Å²) in [6.07, 6.45) is 8.04. The molecule has 1 aromatic heterocycles. The van der Waals surface area contributed by atoms with Gasteiger partial charge in [-0.25, -0.2) is 4.79 Å². The molecule has 204 valence electrons. The average molecular weight is 522 g/mol. The van der Waals surface area contributed by atoms with Gasteiger partial charge in [-0.2, -0.15) is 0 Å². The number of amides is 3. The second-order valence-corrected chi connectivity index (χ2v) is 12.0. The van der Waals surface area contributed by atoms with Crippen LogP contribution >= 0.6 is 0 Å². The van der Waals surface area contributed by atoms with E-state index < -0.39 is 0 Å². The van der Waals surface area contributed by atoms with Crippen molar-refractivity contribution in [1.82, 2.24) is 15.1 Å². The molecular formula is C30H39N3O5. The molecule has 1 aromatic carbocycles. The van der Waals surface area contributed by atoms with E-state index in [9.17, 15) is 9.59 Å². The van der Waals surface area contributed by atoms with Crippen LogP contribution in [0, 0.1) is 24.7 Å². The van der Waals surface area contributed by atoms with Crippen LogP contribution < -0.4 is 14.8 Å². The third-order valence-corrected chi connectivity index (χ3v) is 8.82. The van der Waals surface area contributed by atoms with E-state index in [1.54, 1.807) is 9.80 Å². The van der Waals surface area contributed by atoms with Crippen LogP contribution in [0.15, 0.2) is 34.7 Å². The number of ether oxygens (including phenoxy) is 2. The minimum atomic E-state index is -0.106. The highest BCUT2D eigenvalue weighted by Crippen LogP contribution is 2.55. The molecule has 8 nitrogen and oxygen atoms in total. The predicted octanol–water partition coefficient (Wildman–Crippen LogP) is 5.24. The number of urea groups is 1. The zero-order valence-electron chi connectivity index (χ0n) is 22.5. The van der Waals surface area contributed by atoms with Crippen molar-refractivity contribution in [1.29, 1.82) is 0 Å². The van der Waals surface area contributed by atoms with Gasteiger partial charge in [0.15, 0.2) is 11.5 Å². The van der Waals surface area contributed by atoms with Gasteiger partial charge in [0, 0.05) is 18.6 Å². The van der Waals surface area contributed by atoms with Crippen molar-refractivity contribution < 1.29 is 23.5 Å². The van der Waals surface area contributed by atoms with Crippen molar-refractivity contribution in [3.8, 4) is 11.5 Å². The molecule has 0 atom stereocenters. The van der Waals surface area contributed by atoms with Crippen molar-refractivity contribution in [3.63, 3.8) is 0 Å². The number of hydrogen-bond donors (Lipinski definition) is 1. The molecule has 8 heteroatoms. The van der Waals surface area contributed by atoms with Crippen LogP contribution in [-0.4, -0.2) is 47.2 Å². The van der Waals surface area contributed by atoms with Crippen molar-refractivity contribution in [2.24, 2.45) is 17.8 Å². The maximum absolute atomic E-state index is 13.8. The Balaban J connectivity index is 1.17. The standard InChI is InChI=1S/C30H39N3O5/c1-3-8-32(29(35)31-30-13-22-9-23(14-30)11-24(10-22)15-30)18-28(34)33(17-25-6-4-20(2)38-25)16-21-5-7-26-27(12-21)37-19-36-26/h4-7,12,22-24H,3,8-11,13-19H2,1-2H3,(H,31,35). The monoisotopic (exact) mass is 521 g/mol. The molecule has 2 aromatic rings. The second kappa shape index (κ2) is 10.2. The number of aryl methyl sites for hydroxylation is 1. The number of furan rings is 1. The van der Waals surface area contributed by atoms with Crippen LogP contribution in [0.2, 0.25) is 0 Å². The van der Waals surface area contributed by atoms with Gasteiger partial charge in [-0.05, 0) is 99.5 Å². The first-order valence-electron chi connectivity index (χ1n) is 14.2. The smallest absolute Gasteiger partial charge is 0.318 e. The molecule has 1 N–H and O–H groups in total. The number of fused-ring (bicyclic) bond motifs is 1. The lowest BCUT2D eigenvalue weighted by Gasteiger charge is -2.57. The summed E-state index contributed by atoms with van der Waals surface area (Å²) < 4.78 is 16.8. The topological polar surface area (TPSA) is 84.2 Å². The maximum atomic E-state index is 13.8. The number of carbonyl (C=O) groups is 2. The molecule has 0 radical (unpaired) electrons. The molecule has 5 aliphatic rings.